The Hall–Kier alpha value is -2.40. The van der Waals surface area contributed by atoms with Crippen LogP contribution in [0.1, 0.15) is 11.3 Å². The van der Waals surface area contributed by atoms with E-state index in [0.29, 0.717) is 38.1 Å². The van der Waals surface area contributed by atoms with E-state index < -0.39 is 5.97 Å². The van der Waals surface area contributed by atoms with E-state index in [2.05, 4.69) is 27.0 Å². The summed E-state index contributed by atoms with van der Waals surface area (Å²) >= 11 is 12.8. The highest BCUT2D eigenvalue weighted by Gasteiger charge is 2.11. The number of hydrogen-bond acceptors (Lipinski definition) is 5. The third-order valence-electron chi connectivity index (χ3n) is 2.88. The third kappa shape index (κ3) is 4.57. The van der Waals surface area contributed by atoms with Crippen LogP contribution in [0.5, 0.6) is 0 Å². The zero-order chi connectivity index (χ0) is 17.8. The van der Waals surface area contributed by atoms with Crippen molar-refractivity contribution in [2.24, 2.45) is 0 Å². The minimum absolute atomic E-state index is 0.115. The van der Waals surface area contributed by atoms with Gasteiger partial charge in [0.15, 0.2) is 17.3 Å². The van der Waals surface area contributed by atoms with Gasteiger partial charge in [-0.05, 0) is 36.3 Å². The van der Waals surface area contributed by atoms with Crippen molar-refractivity contribution < 1.29 is 14.3 Å². The number of thioether (sulfide) groups is 1. The predicted octanol–water partition coefficient (Wildman–Crippen LogP) is 3.95. The zero-order valence-electron chi connectivity index (χ0n) is 12.4. The molecular weight excluding hydrogens is 385 g/mol. The van der Waals surface area contributed by atoms with Crippen LogP contribution in [0.2, 0.25) is 10.0 Å². The maximum Gasteiger partial charge on any atom is 0.313 e. The smallest absolute Gasteiger partial charge is 0.313 e. The number of aromatic nitrogens is 3. The number of halogens is 2. The van der Waals surface area contributed by atoms with Gasteiger partial charge in [-0.3, -0.25) is 9.89 Å². The van der Waals surface area contributed by atoms with Crippen molar-refractivity contribution in [2.45, 2.75) is 5.16 Å². The van der Waals surface area contributed by atoms with Crippen molar-refractivity contribution in [1.29, 1.82) is 0 Å². The number of carboxylic acid groups (broad SMARTS) is 1. The number of aliphatic carboxylic acids is 1. The molecule has 1 aromatic carbocycles. The van der Waals surface area contributed by atoms with Crippen LogP contribution in [0.25, 0.3) is 11.6 Å². The van der Waals surface area contributed by atoms with Gasteiger partial charge in [-0.2, -0.15) is 4.98 Å². The summed E-state index contributed by atoms with van der Waals surface area (Å²) in [5.74, 6) is 6.05. The first-order valence-corrected chi connectivity index (χ1v) is 8.59. The summed E-state index contributed by atoms with van der Waals surface area (Å²) in [6.07, 6.45) is 0. The SMILES string of the molecule is O=C(O)CSc1n[nH]c(-c2ccc(C#Cc3ccc(Cl)c(Cl)c3)o2)n1. The monoisotopic (exact) mass is 393 g/mol. The number of carboxylic acids is 1. The molecule has 0 radical (unpaired) electrons. The van der Waals surface area contributed by atoms with Crippen molar-refractivity contribution in [1.82, 2.24) is 15.2 Å². The number of rotatable bonds is 4. The Morgan fingerprint density at radius 3 is 2.84 bits per heavy atom. The van der Waals surface area contributed by atoms with Crippen molar-refractivity contribution in [3.05, 3.63) is 51.7 Å². The highest BCUT2D eigenvalue weighted by molar-refractivity contribution is 7.99. The zero-order valence-corrected chi connectivity index (χ0v) is 14.7. The van der Waals surface area contributed by atoms with Gasteiger partial charge in [-0.1, -0.05) is 40.9 Å². The first-order valence-electron chi connectivity index (χ1n) is 6.85. The molecule has 0 aliphatic heterocycles. The number of nitrogens with one attached hydrogen (secondary N) is 1. The molecule has 2 heterocycles. The Labute approximate surface area is 156 Å². The van der Waals surface area contributed by atoms with E-state index in [1.54, 1.807) is 30.3 Å². The first-order chi connectivity index (χ1) is 12.0. The van der Waals surface area contributed by atoms with Gasteiger partial charge in [0.05, 0.1) is 15.8 Å². The first kappa shape index (κ1) is 17.4. The molecule has 25 heavy (non-hydrogen) atoms. The van der Waals surface area contributed by atoms with Crippen LogP contribution >= 0.6 is 35.0 Å². The maximum absolute atomic E-state index is 10.5. The molecule has 0 atom stereocenters. The lowest BCUT2D eigenvalue weighted by Crippen LogP contribution is -1.97. The summed E-state index contributed by atoms with van der Waals surface area (Å²) < 4.78 is 5.59. The molecule has 0 bridgehead atoms. The molecule has 9 heteroatoms. The minimum atomic E-state index is -0.936. The molecule has 3 aromatic rings. The largest absolute Gasteiger partial charge is 0.481 e. The van der Waals surface area contributed by atoms with Gasteiger partial charge in [0.25, 0.3) is 0 Å². The second kappa shape index (κ2) is 7.66. The van der Waals surface area contributed by atoms with Crippen molar-refractivity contribution in [3.63, 3.8) is 0 Å². The molecule has 0 fully saturated rings. The van der Waals surface area contributed by atoms with Gasteiger partial charge in [-0.25, -0.2) is 0 Å². The number of benzene rings is 1. The Bertz CT molecular complexity index is 988. The van der Waals surface area contributed by atoms with Crippen LogP contribution in [-0.2, 0) is 4.79 Å². The number of nitrogens with zero attached hydrogens (tertiary/aromatic N) is 2. The number of hydrogen-bond donors (Lipinski definition) is 2. The van der Waals surface area contributed by atoms with Crippen LogP contribution < -0.4 is 0 Å². The summed E-state index contributed by atoms with van der Waals surface area (Å²) in [5, 5.41) is 16.5. The fraction of sp³-hybridized carbons (Fsp3) is 0.0625. The fourth-order valence-electron chi connectivity index (χ4n) is 1.79. The van der Waals surface area contributed by atoms with Gasteiger partial charge in [0.1, 0.15) is 0 Å². The van der Waals surface area contributed by atoms with E-state index in [1.165, 1.54) is 0 Å². The molecule has 6 nitrogen and oxygen atoms in total. The molecule has 2 aromatic heterocycles. The second-order valence-electron chi connectivity index (χ2n) is 4.69. The Morgan fingerprint density at radius 2 is 2.08 bits per heavy atom. The molecule has 0 saturated heterocycles. The van der Waals surface area contributed by atoms with E-state index in [-0.39, 0.29) is 5.75 Å². The molecule has 3 rings (SSSR count). The summed E-state index contributed by atoms with van der Waals surface area (Å²) in [5.41, 5.74) is 0.708. The molecule has 0 spiro atoms. The molecule has 0 amide bonds. The topological polar surface area (TPSA) is 92.0 Å². The Morgan fingerprint density at radius 1 is 1.24 bits per heavy atom. The number of carbonyl (C=O) groups is 1. The van der Waals surface area contributed by atoms with E-state index in [1.807, 2.05) is 0 Å². The highest BCUT2D eigenvalue weighted by atomic mass is 35.5. The van der Waals surface area contributed by atoms with Gasteiger partial charge < -0.3 is 9.52 Å². The molecule has 2 N–H and O–H groups in total. The van der Waals surface area contributed by atoms with Crippen molar-refractivity contribution >= 4 is 40.9 Å². The Balaban J connectivity index is 1.73. The van der Waals surface area contributed by atoms with Crippen LogP contribution in [0, 0.1) is 11.8 Å². The average molecular weight is 394 g/mol. The lowest BCUT2D eigenvalue weighted by Gasteiger charge is -1.94. The number of H-pyrrole nitrogens is 1. The summed E-state index contributed by atoms with van der Waals surface area (Å²) in [6, 6.07) is 8.50. The standard InChI is InChI=1S/C16H9Cl2N3O3S/c17-11-5-2-9(7-12(11)18)1-3-10-4-6-13(24-10)15-19-16(21-20-15)25-8-14(22)23/h2,4-7H,8H2,(H,22,23)(H,19,20,21). The minimum Gasteiger partial charge on any atom is -0.481 e. The van der Waals surface area contributed by atoms with Crippen LogP contribution in [0.3, 0.4) is 0 Å². The normalized spacial score (nSPS) is 10.3. The predicted molar refractivity (Wildman–Crippen MR) is 94.9 cm³/mol. The number of aromatic amines is 1. The summed E-state index contributed by atoms with van der Waals surface area (Å²) in [4.78, 5) is 14.7. The highest BCUT2D eigenvalue weighted by Crippen LogP contribution is 2.23. The van der Waals surface area contributed by atoms with E-state index in [0.717, 1.165) is 11.8 Å². The van der Waals surface area contributed by atoms with Crippen LogP contribution in [0.4, 0.5) is 0 Å². The lowest BCUT2D eigenvalue weighted by molar-refractivity contribution is -0.133. The van der Waals surface area contributed by atoms with Crippen molar-refractivity contribution in [3.8, 4) is 23.4 Å². The molecule has 0 aliphatic rings. The van der Waals surface area contributed by atoms with E-state index in [9.17, 15) is 4.79 Å². The van der Waals surface area contributed by atoms with Crippen LogP contribution in [0.15, 0.2) is 39.9 Å². The lowest BCUT2D eigenvalue weighted by atomic mass is 10.2. The number of furan rings is 1. The van der Waals surface area contributed by atoms with E-state index in [4.69, 9.17) is 32.7 Å². The van der Waals surface area contributed by atoms with Crippen molar-refractivity contribution in [2.75, 3.05) is 5.75 Å². The molecule has 0 aliphatic carbocycles. The van der Waals surface area contributed by atoms with Gasteiger partial charge in [-0.15, -0.1) is 5.10 Å². The van der Waals surface area contributed by atoms with Gasteiger partial charge in [0.2, 0.25) is 5.16 Å². The third-order valence-corrected chi connectivity index (χ3v) is 4.45. The average Bonchev–Trinajstić information content (AvgIpc) is 3.23. The quantitative estimate of drug-likeness (QED) is 0.514. The molecule has 126 valence electrons. The fourth-order valence-corrected chi connectivity index (χ4v) is 2.60. The second-order valence-corrected chi connectivity index (χ2v) is 6.45. The molecular formula is C16H9Cl2N3O3S. The summed E-state index contributed by atoms with van der Waals surface area (Å²) in [6.45, 7) is 0. The van der Waals surface area contributed by atoms with Gasteiger partial charge in [0, 0.05) is 5.56 Å². The van der Waals surface area contributed by atoms with Crippen LogP contribution in [-0.4, -0.2) is 32.0 Å². The Kier molecular flexibility index (Phi) is 5.34. The van der Waals surface area contributed by atoms with Gasteiger partial charge >= 0.3 is 5.97 Å². The maximum atomic E-state index is 10.5. The molecule has 0 saturated carbocycles. The molecule has 0 unspecified atom stereocenters. The van der Waals surface area contributed by atoms with E-state index >= 15 is 0 Å². The summed E-state index contributed by atoms with van der Waals surface area (Å²) in [7, 11) is 0.